The number of carbonyl (C=O) groups is 1. The lowest BCUT2D eigenvalue weighted by Gasteiger charge is -2.36. The molecular weight excluding hydrogens is 350 g/mol. The molecule has 144 valence electrons. The SMILES string of the molecule is CN(C)C(=O)CN1CCN(c2cc3ccccc3c(=O)c3ccccc23)CC1. The van der Waals surface area contributed by atoms with E-state index in [1.807, 2.05) is 48.5 Å². The molecule has 0 bridgehead atoms. The van der Waals surface area contributed by atoms with Crippen LogP contribution < -0.4 is 10.3 Å². The highest BCUT2D eigenvalue weighted by Crippen LogP contribution is 2.28. The molecule has 0 aromatic heterocycles. The molecule has 1 heterocycles. The molecule has 0 N–H and O–H groups in total. The van der Waals surface area contributed by atoms with Gasteiger partial charge in [-0.1, -0.05) is 48.5 Å². The van der Waals surface area contributed by atoms with Crippen LogP contribution in [0.1, 0.15) is 0 Å². The molecule has 5 nitrogen and oxygen atoms in total. The lowest BCUT2D eigenvalue weighted by Crippen LogP contribution is -2.49. The lowest BCUT2D eigenvalue weighted by molar-refractivity contribution is -0.129. The first-order chi connectivity index (χ1) is 13.5. The van der Waals surface area contributed by atoms with Gasteiger partial charge in [0.25, 0.3) is 0 Å². The third-order valence-corrected chi connectivity index (χ3v) is 5.52. The molecule has 28 heavy (non-hydrogen) atoms. The highest BCUT2D eigenvalue weighted by molar-refractivity contribution is 6.01. The van der Waals surface area contributed by atoms with E-state index >= 15 is 0 Å². The number of likely N-dealkylation sites (N-methyl/N-ethyl adjacent to an activating group) is 1. The Balaban J connectivity index is 1.72. The molecule has 0 aliphatic carbocycles. The molecule has 0 unspecified atom stereocenters. The van der Waals surface area contributed by atoms with Gasteiger partial charge in [-0.2, -0.15) is 0 Å². The number of benzene rings is 2. The summed E-state index contributed by atoms with van der Waals surface area (Å²) in [5.41, 5.74) is 1.17. The summed E-state index contributed by atoms with van der Waals surface area (Å²) in [6.45, 7) is 3.77. The number of hydrogen-bond donors (Lipinski definition) is 0. The molecule has 3 aromatic rings. The normalized spacial score (nSPS) is 15.1. The number of anilines is 1. The predicted molar refractivity (Wildman–Crippen MR) is 115 cm³/mol. The minimum absolute atomic E-state index is 0.0765. The Morgan fingerprint density at radius 3 is 2.18 bits per heavy atom. The smallest absolute Gasteiger partial charge is 0.236 e. The number of piperazine rings is 1. The highest BCUT2D eigenvalue weighted by Gasteiger charge is 2.21. The van der Waals surface area contributed by atoms with Crippen LogP contribution in [0, 0.1) is 0 Å². The summed E-state index contributed by atoms with van der Waals surface area (Å²) >= 11 is 0. The maximum absolute atomic E-state index is 13.1. The molecule has 1 aliphatic heterocycles. The average Bonchev–Trinajstić information content (AvgIpc) is 2.84. The van der Waals surface area contributed by atoms with Crippen LogP contribution in [-0.4, -0.2) is 62.5 Å². The van der Waals surface area contributed by atoms with Crippen molar-refractivity contribution in [1.82, 2.24) is 9.80 Å². The zero-order valence-corrected chi connectivity index (χ0v) is 16.4. The van der Waals surface area contributed by atoms with Crippen molar-refractivity contribution >= 4 is 33.1 Å². The first-order valence-electron chi connectivity index (χ1n) is 9.67. The van der Waals surface area contributed by atoms with Gasteiger partial charge >= 0.3 is 0 Å². The molecule has 0 radical (unpaired) electrons. The van der Waals surface area contributed by atoms with Gasteiger partial charge in [-0.05, 0) is 11.5 Å². The van der Waals surface area contributed by atoms with Crippen molar-refractivity contribution in [3.63, 3.8) is 0 Å². The minimum atomic E-state index is 0.0765. The van der Waals surface area contributed by atoms with Crippen LogP contribution in [0.2, 0.25) is 0 Å². The lowest BCUT2D eigenvalue weighted by atomic mass is 10.1. The van der Waals surface area contributed by atoms with Crippen molar-refractivity contribution in [2.24, 2.45) is 0 Å². The van der Waals surface area contributed by atoms with E-state index in [1.165, 1.54) is 0 Å². The van der Waals surface area contributed by atoms with Crippen LogP contribution in [-0.2, 0) is 4.79 Å². The van der Waals surface area contributed by atoms with E-state index in [2.05, 4.69) is 15.9 Å². The van der Waals surface area contributed by atoms with Gasteiger partial charge in [-0.25, -0.2) is 0 Å². The van der Waals surface area contributed by atoms with E-state index in [9.17, 15) is 9.59 Å². The van der Waals surface area contributed by atoms with Crippen molar-refractivity contribution in [2.75, 3.05) is 51.7 Å². The second-order valence-corrected chi connectivity index (χ2v) is 7.54. The van der Waals surface area contributed by atoms with Crippen molar-refractivity contribution in [3.8, 4) is 0 Å². The second kappa shape index (κ2) is 7.60. The Kier molecular flexibility index (Phi) is 5.01. The van der Waals surface area contributed by atoms with E-state index in [0.717, 1.165) is 53.4 Å². The van der Waals surface area contributed by atoms with Crippen LogP contribution in [0.3, 0.4) is 0 Å². The summed E-state index contributed by atoms with van der Waals surface area (Å²) < 4.78 is 0. The molecule has 1 aliphatic rings. The van der Waals surface area contributed by atoms with E-state index in [1.54, 1.807) is 19.0 Å². The van der Waals surface area contributed by atoms with Gasteiger partial charge in [0, 0.05) is 62.1 Å². The van der Waals surface area contributed by atoms with Crippen LogP contribution in [0.5, 0.6) is 0 Å². The van der Waals surface area contributed by atoms with Gasteiger partial charge in [-0.3, -0.25) is 14.5 Å². The van der Waals surface area contributed by atoms with E-state index in [0.29, 0.717) is 6.54 Å². The summed E-state index contributed by atoms with van der Waals surface area (Å²) in [6.07, 6.45) is 0. The number of fused-ring (bicyclic) bond motifs is 2. The predicted octanol–water partition coefficient (Wildman–Crippen LogP) is 2.56. The Morgan fingerprint density at radius 2 is 1.50 bits per heavy atom. The van der Waals surface area contributed by atoms with Gasteiger partial charge in [-0.15, -0.1) is 0 Å². The molecular formula is C23H25N3O2. The summed E-state index contributed by atoms with van der Waals surface area (Å²) in [4.78, 5) is 31.3. The number of hydrogen-bond acceptors (Lipinski definition) is 4. The third-order valence-electron chi connectivity index (χ3n) is 5.52. The summed E-state index contributed by atoms with van der Waals surface area (Å²) in [5.74, 6) is 0.131. The fraction of sp³-hybridized carbons (Fsp3) is 0.304. The zero-order valence-electron chi connectivity index (χ0n) is 16.4. The Morgan fingerprint density at radius 1 is 0.893 bits per heavy atom. The molecule has 1 amide bonds. The van der Waals surface area contributed by atoms with Crippen LogP contribution >= 0.6 is 0 Å². The third kappa shape index (κ3) is 3.45. The topological polar surface area (TPSA) is 43.9 Å². The maximum atomic E-state index is 13.1. The molecule has 1 fully saturated rings. The largest absolute Gasteiger partial charge is 0.368 e. The van der Waals surface area contributed by atoms with Crippen LogP contribution in [0.25, 0.3) is 21.5 Å². The van der Waals surface area contributed by atoms with Gasteiger partial charge in [0.2, 0.25) is 5.91 Å². The number of carbonyl (C=O) groups excluding carboxylic acids is 1. The van der Waals surface area contributed by atoms with Crippen molar-refractivity contribution < 1.29 is 4.79 Å². The molecule has 3 aromatic carbocycles. The van der Waals surface area contributed by atoms with Gasteiger partial charge in [0.15, 0.2) is 5.43 Å². The van der Waals surface area contributed by atoms with Crippen molar-refractivity contribution in [3.05, 3.63) is 64.8 Å². The van der Waals surface area contributed by atoms with E-state index < -0.39 is 0 Å². The average molecular weight is 375 g/mol. The Bertz CT molecular complexity index is 1090. The molecule has 1 saturated heterocycles. The summed E-state index contributed by atoms with van der Waals surface area (Å²) in [6, 6.07) is 17.8. The molecule has 5 heteroatoms. The van der Waals surface area contributed by atoms with E-state index in [4.69, 9.17) is 0 Å². The molecule has 0 spiro atoms. The van der Waals surface area contributed by atoms with Crippen LogP contribution in [0.4, 0.5) is 5.69 Å². The Labute approximate surface area is 164 Å². The van der Waals surface area contributed by atoms with Crippen molar-refractivity contribution in [1.29, 1.82) is 0 Å². The summed E-state index contributed by atoms with van der Waals surface area (Å²) in [7, 11) is 3.58. The van der Waals surface area contributed by atoms with E-state index in [-0.39, 0.29) is 11.3 Å². The highest BCUT2D eigenvalue weighted by atomic mass is 16.2. The Hall–Kier alpha value is -2.92. The first-order valence-corrected chi connectivity index (χ1v) is 9.67. The standard InChI is InChI=1S/C23H25N3O2/c1-24(2)22(27)16-25-11-13-26(14-12-25)21-15-17-7-3-4-8-18(17)23(28)20-10-6-5-9-19(20)21/h3-10,15H,11-14,16H2,1-2H3. The minimum Gasteiger partial charge on any atom is -0.368 e. The molecule has 4 rings (SSSR count). The first kappa shape index (κ1) is 18.4. The number of amides is 1. The number of nitrogens with zero attached hydrogens (tertiary/aromatic N) is 3. The molecule has 0 atom stereocenters. The van der Waals surface area contributed by atoms with Gasteiger partial charge in [0.05, 0.1) is 6.54 Å². The zero-order chi connectivity index (χ0) is 19.7. The van der Waals surface area contributed by atoms with Crippen LogP contribution in [0.15, 0.2) is 59.4 Å². The molecule has 0 saturated carbocycles. The quantitative estimate of drug-likeness (QED) is 0.706. The van der Waals surface area contributed by atoms with Gasteiger partial charge < -0.3 is 9.80 Å². The fourth-order valence-electron chi connectivity index (χ4n) is 3.85. The monoisotopic (exact) mass is 375 g/mol. The van der Waals surface area contributed by atoms with Crippen molar-refractivity contribution in [2.45, 2.75) is 0 Å². The van der Waals surface area contributed by atoms with Gasteiger partial charge in [0.1, 0.15) is 0 Å². The second-order valence-electron chi connectivity index (χ2n) is 7.54. The fourth-order valence-corrected chi connectivity index (χ4v) is 3.85. The number of rotatable bonds is 3. The summed E-state index contributed by atoms with van der Waals surface area (Å²) in [5, 5.41) is 3.45. The maximum Gasteiger partial charge on any atom is 0.236 e.